The highest BCUT2D eigenvalue weighted by molar-refractivity contribution is 5.77. The van der Waals surface area contributed by atoms with E-state index in [1.807, 2.05) is 48.5 Å². The Hall–Kier alpha value is -2.17. The smallest absolute Gasteiger partial charge is 0.343 e. The van der Waals surface area contributed by atoms with E-state index in [-0.39, 0.29) is 12.6 Å². The van der Waals surface area contributed by atoms with Gasteiger partial charge in [-0.05, 0) is 23.6 Å². The van der Waals surface area contributed by atoms with Crippen LogP contribution >= 0.6 is 0 Å². The minimum atomic E-state index is -0.612. The maximum atomic E-state index is 11.9. The SMILES string of the molecule is CC(C)c1ccccc1OC(=O)C1COCCO1.[c]1ccccc1. The van der Waals surface area contributed by atoms with Gasteiger partial charge in [0.1, 0.15) is 5.75 Å². The zero-order valence-corrected chi connectivity index (χ0v) is 14.1. The Balaban J connectivity index is 0.000000292. The van der Waals surface area contributed by atoms with Gasteiger partial charge < -0.3 is 14.2 Å². The van der Waals surface area contributed by atoms with E-state index in [2.05, 4.69) is 19.9 Å². The number of para-hydroxylation sites is 1. The third-order valence-corrected chi connectivity index (χ3v) is 3.44. The van der Waals surface area contributed by atoms with Gasteiger partial charge in [-0.3, -0.25) is 0 Å². The van der Waals surface area contributed by atoms with Crippen LogP contribution in [0.5, 0.6) is 5.75 Å². The number of hydrogen-bond donors (Lipinski definition) is 0. The molecular weight excluding hydrogens is 304 g/mol. The molecule has 24 heavy (non-hydrogen) atoms. The van der Waals surface area contributed by atoms with Crippen LogP contribution in [0.15, 0.2) is 54.6 Å². The number of carbonyl (C=O) groups excluding carboxylic acids is 1. The molecule has 0 saturated carbocycles. The Labute approximate surface area is 143 Å². The molecule has 3 rings (SSSR count). The van der Waals surface area contributed by atoms with Gasteiger partial charge in [-0.15, -0.1) is 0 Å². The van der Waals surface area contributed by atoms with Crippen molar-refractivity contribution in [1.82, 2.24) is 0 Å². The van der Waals surface area contributed by atoms with Crippen LogP contribution in [-0.2, 0) is 14.3 Å². The predicted molar refractivity (Wildman–Crippen MR) is 92.0 cm³/mol. The van der Waals surface area contributed by atoms with Crippen molar-refractivity contribution in [1.29, 1.82) is 0 Å². The van der Waals surface area contributed by atoms with Crippen LogP contribution < -0.4 is 4.74 Å². The van der Waals surface area contributed by atoms with Crippen molar-refractivity contribution in [3.05, 3.63) is 66.2 Å². The number of ether oxygens (including phenoxy) is 3. The van der Waals surface area contributed by atoms with Crippen LogP contribution in [0.1, 0.15) is 25.3 Å². The molecule has 1 radical (unpaired) electrons. The third-order valence-electron chi connectivity index (χ3n) is 3.44. The zero-order valence-electron chi connectivity index (χ0n) is 14.1. The topological polar surface area (TPSA) is 44.8 Å². The third kappa shape index (κ3) is 5.80. The second kappa shape index (κ2) is 9.85. The molecular formula is C20H23O4. The standard InChI is InChI=1S/C14H18O4.C6H5/c1-10(2)11-5-3-4-6-12(11)18-14(15)13-9-16-7-8-17-13;1-2-4-6-5-3-1/h3-6,10,13H,7-9H2,1-2H3;1-5H. The molecule has 1 aliphatic heterocycles. The molecule has 1 aliphatic rings. The van der Waals surface area contributed by atoms with E-state index in [4.69, 9.17) is 14.2 Å². The van der Waals surface area contributed by atoms with Gasteiger partial charge in [0.15, 0.2) is 6.10 Å². The number of carbonyl (C=O) groups is 1. The van der Waals surface area contributed by atoms with Crippen molar-refractivity contribution in [3.8, 4) is 5.75 Å². The summed E-state index contributed by atoms with van der Waals surface area (Å²) in [5.74, 6) is 0.520. The van der Waals surface area contributed by atoms with E-state index in [1.54, 1.807) is 6.07 Å². The molecule has 0 aromatic heterocycles. The number of hydrogen-bond acceptors (Lipinski definition) is 4. The van der Waals surface area contributed by atoms with Crippen molar-refractivity contribution in [2.45, 2.75) is 25.9 Å². The fraction of sp³-hybridized carbons (Fsp3) is 0.350. The Bertz CT molecular complexity index is 577. The first-order valence-electron chi connectivity index (χ1n) is 8.09. The Morgan fingerprint density at radius 1 is 1.12 bits per heavy atom. The van der Waals surface area contributed by atoms with Crippen LogP contribution in [0.4, 0.5) is 0 Å². The highest BCUT2D eigenvalue weighted by Gasteiger charge is 2.25. The van der Waals surface area contributed by atoms with E-state index in [0.717, 1.165) is 5.56 Å². The fourth-order valence-corrected chi connectivity index (χ4v) is 2.19. The first kappa shape index (κ1) is 18.2. The molecule has 0 aliphatic carbocycles. The lowest BCUT2D eigenvalue weighted by atomic mass is 10.0. The summed E-state index contributed by atoms with van der Waals surface area (Å²) in [7, 11) is 0. The minimum absolute atomic E-state index is 0.267. The van der Waals surface area contributed by atoms with Crippen LogP contribution in [0.2, 0.25) is 0 Å². The van der Waals surface area contributed by atoms with Gasteiger partial charge in [0.05, 0.1) is 19.8 Å². The molecule has 1 saturated heterocycles. The molecule has 2 aromatic carbocycles. The van der Waals surface area contributed by atoms with E-state index < -0.39 is 6.10 Å². The first-order chi connectivity index (χ1) is 11.7. The number of esters is 1. The van der Waals surface area contributed by atoms with Crippen LogP contribution in [0.25, 0.3) is 0 Å². The summed E-state index contributed by atoms with van der Waals surface area (Å²) in [6.07, 6.45) is -0.612. The van der Waals surface area contributed by atoms with Crippen molar-refractivity contribution >= 4 is 5.97 Å². The number of benzene rings is 2. The maximum Gasteiger partial charge on any atom is 0.343 e. The average molecular weight is 327 g/mol. The molecule has 1 heterocycles. The molecule has 2 aromatic rings. The summed E-state index contributed by atoms with van der Waals surface area (Å²) < 4.78 is 15.9. The molecule has 0 amide bonds. The normalized spacial score (nSPS) is 16.9. The summed E-state index contributed by atoms with van der Waals surface area (Å²) in [6.45, 7) is 5.36. The van der Waals surface area contributed by atoms with Crippen LogP contribution in [-0.4, -0.2) is 31.9 Å². The van der Waals surface area contributed by atoms with Crippen molar-refractivity contribution in [2.75, 3.05) is 19.8 Å². The lowest BCUT2D eigenvalue weighted by Crippen LogP contribution is -2.38. The average Bonchev–Trinajstić information content (AvgIpc) is 2.64. The summed E-state index contributed by atoms with van der Waals surface area (Å²) in [5.41, 5.74) is 1.02. The second-order valence-electron chi connectivity index (χ2n) is 5.63. The van der Waals surface area contributed by atoms with Gasteiger partial charge in [-0.2, -0.15) is 0 Å². The quantitative estimate of drug-likeness (QED) is 0.638. The first-order valence-corrected chi connectivity index (χ1v) is 8.09. The van der Waals surface area contributed by atoms with Crippen LogP contribution in [0, 0.1) is 6.07 Å². The Morgan fingerprint density at radius 2 is 1.88 bits per heavy atom. The molecule has 0 spiro atoms. The molecule has 1 fully saturated rings. The van der Waals surface area contributed by atoms with Crippen molar-refractivity contribution in [3.63, 3.8) is 0 Å². The summed E-state index contributed by atoms with van der Waals surface area (Å²) in [5, 5.41) is 0. The molecule has 0 N–H and O–H groups in total. The van der Waals surface area contributed by atoms with Gasteiger partial charge in [0.25, 0.3) is 0 Å². The molecule has 1 unspecified atom stereocenters. The van der Waals surface area contributed by atoms with Crippen molar-refractivity contribution in [2.24, 2.45) is 0 Å². The van der Waals surface area contributed by atoms with Gasteiger partial charge in [-0.1, -0.05) is 62.4 Å². The molecule has 1 atom stereocenters. The summed E-state index contributed by atoms with van der Waals surface area (Å²) in [6, 6.07) is 20.1. The Kier molecular flexibility index (Phi) is 7.46. The maximum absolute atomic E-state index is 11.9. The second-order valence-corrected chi connectivity index (χ2v) is 5.63. The lowest BCUT2D eigenvalue weighted by molar-refractivity contribution is -0.161. The lowest BCUT2D eigenvalue weighted by Gasteiger charge is -2.22. The summed E-state index contributed by atoms with van der Waals surface area (Å²) >= 11 is 0. The van der Waals surface area contributed by atoms with Gasteiger partial charge in [-0.25, -0.2) is 4.79 Å². The Morgan fingerprint density at radius 3 is 2.42 bits per heavy atom. The van der Waals surface area contributed by atoms with Gasteiger partial charge >= 0.3 is 5.97 Å². The minimum Gasteiger partial charge on any atom is -0.424 e. The van der Waals surface area contributed by atoms with E-state index >= 15 is 0 Å². The van der Waals surface area contributed by atoms with E-state index in [0.29, 0.717) is 24.9 Å². The van der Waals surface area contributed by atoms with E-state index in [1.165, 1.54) is 0 Å². The molecule has 4 heteroatoms. The predicted octanol–water partition coefficient (Wildman–Crippen LogP) is 3.62. The zero-order chi connectivity index (χ0) is 17.2. The molecule has 127 valence electrons. The molecule has 0 bridgehead atoms. The summed E-state index contributed by atoms with van der Waals surface area (Å²) in [4.78, 5) is 11.9. The van der Waals surface area contributed by atoms with Crippen LogP contribution in [0.3, 0.4) is 0 Å². The monoisotopic (exact) mass is 327 g/mol. The van der Waals surface area contributed by atoms with E-state index in [9.17, 15) is 4.79 Å². The largest absolute Gasteiger partial charge is 0.424 e. The highest BCUT2D eigenvalue weighted by atomic mass is 16.6. The highest BCUT2D eigenvalue weighted by Crippen LogP contribution is 2.26. The number of rotatable bonds is 3. The van der Waals surface area contributed by atoms with Crippen molar-refractivity contribution < 1.29 is 19.0 Å². The van der Waals surface area contributed by atoms with Gasteiger partial charge in [0, 0.05) is 0 Å². The fourth-order valence-electron chi connectivity index (χ4n) is 2.19. The van der Waals surface area contributed by atoms with Gasteiger partial charge in [0.2, 0.25) is 0 Å². The molecule has 4 nitrogen and oxygen atoms in total.